The Kier molecular flexibility index (Phi) is 8.54. The number of ether oxygens (including phenoxy) is 1. The summed E-state index contributed by atoms with van der Waals surface area (Å²) < 4.78 is 51.4. The van der Waals surface area contributed by atoms with Gasteiger partial charge in [0, 0.05) is 12.6 Å². The van der Waals surface area contributed by atoms with Crippen LogP contribution in [0.1, 0.15) is 18.2 Å². The molecule has 0 aromatic carbocycles. The highest BCUT2D eigenvalue weighted by Crippen LogP contribution is 2.66. The zero-order chi connectivity index (χ0) is 24.3. The Labute approximate surface area is 178 Å². The van der Waals surface area contributed by atoms with Crippen LogP contribution in [0.15, 0.2) is 15.8 Å². The highest BCUT2D eigenvalue weighted by molar-refractivity contribution is 7.66. The molecule has 17 nitrogen and oxygen atoms in total. The number of nitrogens with one attached hydrogen (secondary N) is 1. The maximum Gasteiger partial charge on any atom is 0.490 e. The molecular weight excluding hydrogens is 503 g/mol. The molecule has 0 radical (unpaired) electrons. The monoisotopic (exact) mass is 521 g/mol. The third kappa shape index (κ3) is 7.84. The molecule has 8 N–H and O–H groups in total. The average Bonchev–Trinajstić information content (AvgIpc) is 2.97. The number of nitrogens with zero attached hydrogens (tertiary/aromatic N) is 1. The first-order chi connectivity index (χ1) is 14.6. The molecule has 2 heterocycles. The van der Waals surface area contributed by atoms with Crippen molar-refractivity contribution in [1.82, 2.24) is 9.55 Å². The van der Waals surface area contributed by atoms with Gasteiger partial charge in [0.05, 0.1) is 19.3 Å². The molecule has 20 heteroatoms. The molecule has 0 amide bonds. The van der Waals surface area contributed by atoms with E-state index < -0.39 is 59.8 Å². The molecule has 1 fully saturated rings. The van der Waals surface area contributed by atoms with Crippen LogP contribution in [0.4, 0.5) is 0 Å². The van der Waals surface area contributed by atoms with Crippen LogP contribution in [-0.4, -0.2) is 59.6 Å². The Balaban J connectivity index is 2.09. The van der Waals surface area contributed by atoms with E-state index in [1.807, 2.05) is 4.98 Å². The lowest BCUT2D eigenvalue weighted by molar-refractivity contribution is -0.0450. The molecule has 0 aliphatic carbocycles. The van der Waals surface area contributed by atoms with Gasteiger partial charge in [0.15, 0.2) is 0 Å². The van der Waals surface area contributed by atoms with Crippen LogP contribution < -0.4 is 17.0 Å². The van der Waals surface area contributed by atoms with Crippen LogP contribution in [0.3, 0.4) is 0 Å². The van der Waals surface area contributed by atoms with Gasteiger partial charge >= 0.3 is 29.2 Å². The summed E-state index contributed by atoms with van der Waals surface area (Å²) in [7, 11) is -16.7. The first-order valence-electron chi connectivity index (χ1n) is 8.29. The highest BCUT2D eigenvalue weighted by atomic mass is 31.3. The summed E-state index contributed by atoms with van der Waals surface area (Å²) >= 11 is 0. The highest BCUT2D eigenvalue weighted by Gasteiger charge is 2.43. The topological polar surface area (TPSA) is 270 Å². The number of H-pyrrole nitrogens is 1. The SMILES string of the molecule is NCC#Cc1cn(C2CC(O)C(COP(=O)(O)OP(=O)(O)OP(=O)(O)O)O2)c(=O)[nH]c1=O. The van der Waals surface area contributed by atoms with E-state index in [1.54, 1.807) is 0 Å². The van der Waals surface area contributed by atoms with Crippen LogP contribution in [0, 0.1) is 11.8 Å². The summed E-state index contributed by atoms with van der Waals surface area (Å²) in [5, 5.41) is 10.1. The van der Waals surface area contributed by atoms with Crippen molar-refractivity contribution < 1.29 is 56.3 Å². The summed E-state index contributed by atoms with van der Waals surface area (Å²) in [6.45, 7) is -0.973. The van der Waals surface area contributed by atoms with Gasteiger partial charge in [-0.1, -0.05) is 11.8 Å². The zero-order valence-electron chi connectivity index (χ0n) is 15.7. The van der Waals surface area contributed by atoms with Crippen LogP contribution in [0.25, 0.3) is 0 Å². The average molecular weight is 521 g/mol. The second-order valence-corrected chi connectivity index (χ2v) is 10.5. The smallest absolute Gasteiger partial charge is 0.390 e. The summed E-state index contributed by atoms with van der Waals surface area (Å²) in [5.41, 5.74) is 3.42. The van der Waals surface area contributed by atoms with Crippen LogP contribution >= 0.6 is 23.5 Å². The fourth-order valence-corrected chi connectivity index (χ4v) is 5.47. The van der Waals surface area contributed by atoms with Gasteiger partial charge in [0.2, 0.25) is 0 Å². The second-order valence-electron chi connectivity index (χ2n) is 6.03. The fraction of sp³-hybridized carbons (Fsp3) is 0.500. The van der Waals surface area contributed by atoms with Crippen LogP contribution in [-0.2, 0) is 31.6 Å². The summed E-state index contributed by atoms with van der Waals surface area (Å²) in [5.74, 6) is 4.87. The minimum Gasteiger partial charge on any atom is -0.390 e. The minimum atomic E-state index is -5.70. The quantitative estimate of drug-likeness (QED) is 0.142. The van der Waals surface area contributed by atoms with Crippen molar-refractivity contribution in [3.63, 3.8) is 0 Å². The molecule has 1 aromatic rings. The molecule has 0 bridgehead atoms. The summed E-state index contributed by atoms with van der Waals surface area (Å²) in [6, 6.07) is 0. The molecule has 0 spiro atoms. The van der Waals surface area contributed by atoms with Crippen molar-refractivity contribution in [2.24, 2.45) is 5.73 Å². The lowest BCUT2D eigenvalue weighted by Gasteiger charge is -2.19. The molecule has 1 aliphatic rings. The number of hydrogen-bond acceptors (Lipinski definition) is 11. The van der Waals surface area contributed by atoms with Crippen molar-refractivity contribution >= 4 is 23.5 Å². The number of aliphatic hydroxyl groups is 1. The van der Waals surface area contributed by atoms with E-state index in [2.05, 4.69) is 25.0 Å². The predicted octanol–water partition coefficient (Wildman–Crippen LogP) is -2.16. The van der Waals surface area contributed by atoms with Gasteiger partial charge in [-0.15, -0.1) is 0 Å². The molecule has 5 atom stereocenters. The van der Waals surface area contributed by atoms with Gasteiger partial charge in [0.1, 0.15) is 17.9 Å². The molecule has 5 unspecified atom stereocenters. The van der Waals surface area contributed by atoms with E-state index in [-0.39, 0.29) is 18.5 Å². The Hall–Kier alpha value is -1.47. The van der Waals surface area contributed by atoms with Gasteiger partial charge in [-0.25, -0.2) is 18.5 Å². The van der Waals surface area contributed by atoms with Gasteiger partial charge < -0.3 is 35.2 Å². The molecule has 1 saturated heterocycles. The molecule has 180 valence electrons. The summed E-state index contributed by atoms with van der Waals surface area (Å²) in [6.07, 6.45) is -3.07. The second kappa shape index (κ2) is 10.2. The molecule has 0 saturated carbocycles. The number of phosphoric ester groups is 1. The van der Waals surface area contributed by atoms with E-state index in [9.17, 15) is 33.3 Å². The minimum absolute atomic E-state index is 0.0557. The van der Waals surface area contributed by atoms with E-state index >= 15 is 0 Å². The number of nitrogens with two attached hydrogens (primary N) is 1. The van der Waals surface area contributed by atoms with Crippen molar-refractivity contribution in [2.75, 3.05) is 13.2 Å². The maximum atomic E-state index is 12.1. The van der Waals surface area contributed by atoms with Crippen molar-refractivity contribution in [3.8, 4) is 11.8 Å². The zero-order valence-corrected chi connectivity index (χ0v) is 18.4. The lowest BCUT2D eigenvalue weighted by Crippen LogP contribution is -2.33. The number of rotatable bonds is 8. The predicted molar refractivity (Wildman–Crippen MR) is 102 cm³/mol. The first-order valence-corrected chi connectivity index (χ1v) is 12.8. The number of hydrogen-bond donors (Lipinski definition) is 7. The van der Waals surface area contributed by atoms with Crippen molar-refractivity contribution in [3.05, 3.63) is 32.6 Å². The number of aromatic nitrogens is 2. The normalized spacial score (nSPS) is 24.9. The van der Waals surface area contributed by atoms with Gasteiger partial charge in [-0.3, -0.25) is 18.9 Å². The molecule has 1 aromatic heterocycles. The largest absolute Gasteiger partial charge is 0.490 e. The molecule has 1 aliphatic heterocycles. The molecule has 2 rings (SSSR count). The third-order valence-corrected chi connectivity index (χ3v) is 7.43. The molecular formula is C12H18N3O14P3. The number of aliphatic hydroxyl groups excluding tert-OH is 1. The van der Waals surface area contributed by atoms with E-state index in [1.165, 1.54) is 0 Å². The Morgan fingerprint density at radius 2 is 1.84 bits per heavy atom. The molecule has 32 heavy (non-hydrogen) atoms. The lowest BCUT2D eigenvalue weighted by atomic mass is 10.2. The Bertz CT molecular complexity index is 1160. The van der Waals surface area contributed by atoms with Gasteiger partial charge in [-0.05, 0) is 0 Å². The standard InChI is InChI=1S/C12H18N3O14P3/c13-3-1-2-7-5-15(12(18)14-11(7)17)10-4-8(16)9(27-10)6-26-31(22,23)29-32(24,25)28-30(19,20)21/h5,8-10,16H,3-4,6,13H2,(H,22,23)(H,24,25)(H,14,17,18)(H2,19,20,21). The van der Waals surface area contributed by atoms with E-state index in [0.29, 0.717) is 0 Å². The Morgan fingerprint density at radius 3 is 2.44 bits per heavy atom. The van der Waals surface area contributed by atoms with Crippen molar-refractivity contribution in [1.29, 1.82) is 0 Å². The fourth-order valence-electron chi connectivity index (χ4n) is 2.44. The third-order valence-electron chi connectivity index (χ3n) is 3.63. The van der Waals surface area contributed by atoms with Gasteiger partial charge in [-0.2, -0.15) is 8.62 Å². The number of phosphoric acid groups is 3. The van der Waals surface area contributed by atoms with Crippen LogP contribution in [0.2, 0.25) is 0 Å². The maximum absolute atomic E-state index is 12.1. The van der Waals surface area contributed by atoms with Crippen molar-refractivity contribution in [2.45, 2.75) is 24.9 Å². The van der Waals surface area contributed by atoms with Crippen LogP contribution in [0.5, 0.6) is 0 Å². The van der Waals surface area contributed by atoms with E-state index in [4.69, 9.17) is 25.2 Å². The van der Waals surface area contributed by atoms with Gasteiger partial charge in [0.25, 0.3) is 5.56 Å². The number of aromatic amines is 1. The Morgan fingerprint density at radius 1 is 1.19 bits per heavy atom. The summed E-state index contributed by atoms with van der Waals surface area (Å²) in [4.78, 5) is 61.3. The van der Waals surface area contributed by atoms with E-state index in [0.717, 1.165) is 10.8 Å². The first kappa shape index (κ1) is 26.8.